The van der Waals surface area contributed by atoms with Crippen molar-refractivity contribution in [2.24, 2.45) is 0 Å². The van der Waals surface area contributed by atoms with Crippen LogP contribution < -0.4 is 5.73 Å². The number of fused-ring (bicyclic) bond motifs is 1. The smallest absolute Gasteiger partial charge is 0.169 e. The highest BCUT2D eigenvalue weighted by molar-refractivity contribution is 6.35. The number of nitrogens with one attached hydrogen (secondary N) is 1. The van der Waals surface area contributed by atoms with E-state index in [2.05, 4.69) is 10.1 Å². The molecule has 0 unspecified atom stereocenters. The Morgan fingerprint density at radius 1 is 1.35 bits per heavy atom. The van der Waals surface area contributed by atoms with E-state index in [0.29, 0.717) is 16.6 Å². The van der Waals surface area contributed by atoms with Crippen molar-refractivity contribution in [2.75, 3.05) is 5.73 Å². The largest absolute Gasteiger partial charge is 0.381 e. The molecule has 0 aliphatic rings. The Bertz CT molecular complexity index is 699. The number of benzene rings is 1. The summed E-state index contributed by atoms with van der Waals surface area (Å²) in [6.45, 7) is 2.02. The van der Waals surface area contributed by atoms with Crippen LogP contribution in [0.1, 0.15) is 5.56 Å². The van der Waals surface area contributed by atoms with Gasteiger partial charge < -0.3 is 15.2 Å². The second kappa shape index (κ2) is 3.53. The molecule has 86 valence electrons. The normalized spacial score (nSPS) is 11.2. The van der Waals surface area contributed by atoms with Gasteiger partial charge in [-0.25, -0.2) is 0 Å². The minimum Gasteiger partial charge on any atom is -0.381 e. The quantitative estimate of drug-likeness (QED) is 0.693. The molecule has 3 rings (SSSR count). The molecule has 3 aromatic rings. The lowest BCUT2D eigenvalue weighted by Gasteiger charge is -2.00. The molecule has 0 atom stereocenters. The Morgan fingerprint density at radius 3 is 2.88 bits per heavy atom. The molecular weight excluding hydrogens is 238 g/mol. The fourth-order valence-corrected chi connectivity index (χ4v) is 2.16. The highest BCUT2D eigenvalue weighted by atomic mass is 35.5. The van der Waals surface area contributed by atoms with Crippen LogP contribution in [0.25, 0.3) is 22.2 Å². The van der Waals surface area contributed by atoms with Crippen LogP contribution in [0.15, 0.2) is 28.9 Å². The van der Waals surface area contributed by atoms with Crippen LogP contribution >= 0.6 is 11.6 Å². The van der Waals surface area contributed by atoms with Crippen LogP contribution in [-0.2, 0) is 0 Å². The van der Waals surface area contributed by atoms with Crippen molar-refractivity contribution in [3.05, 3.63) is 35.0 Å². The van der Waals surface area contributed by atoms with Crippen LogP contribution in [0.3, 0.4) is 0 Å². The Balaban J connectivity index is 2.27. The van der Waals surface area contributed by atoms with Crippen molar-refractivity contribution in [3.8, 4) is 11.3 Å². The van der Waals surface area contributed by atoms with Gasteiger partial charge in [0.25, 0.3) is 0 Å². The summed E-state index contributed by atoms with van der Waals surface area (Å²) in [5.41, 5.74) is 8.47. The van der Waals surface area contributed by atoms with Gasteiger partial charge in [-0.3, -0.25) is 0 Å². The predicted octanol–water partition coefficient (Wildman–Crippen LogP) is 3.37. The van der Waals surface area contributed by atoms with Gasteiger partial charge in [0.15, 0.2) is 11.6 Å². The van der Waals surface area contributed by atoms with Gasteiger partial charge in [-0.05, 0) is 24.6 Å². The van der Waals surface area contributed by atoms with Crippen LogP contribution in [0, 0.1) is 6.92 Å². The SMILES string of the molecule is Cc1c[nH]c2c(Cl)cc(-c3cc(N)no3)cc12. The molecule has 0 spiro atoms. The van der Waals surface area contributed by atoms with Crippen LogP contribution in [-0.4, -0.2) is 10.1 Å². The number of nitrogens with zero attached hydrogens (tertiary/aromatic N) is 1. The maximum atomic E-state index is 6.21. The molecule has 3 N–H and O–H groups in total. The lowest BCUT2D eigenvalue weighted by molar-refractivity contribution is 0.436. The van der Waals surface area contributed by atoms with Crippen molar-refractivity contribution in [1.29, 1.82) is 0 Å². The molecule has 2 aromatic heterocycles. The number of nitrogen functional groups attached to an aromatic ring is 1. The summed E-state index contributed by atoms with van der Waals surface area (Å²) in [6.07, 6.45) is 1.93. The second-order valence-electron chi connectivity index (χ2n) is 3.97. The van der Waals surface area contributed by atoms with E-state index in [4.69, 9.17) is 21.9 Å². The molecule has 4 nitrogen and oxygen atoms in total. The van der Waals surface area contributed by atoms with Gasteiger partial charge in [-0.1, -0.05) is 16.8 Å². The van der Waals surface area contributed by atoms with Crippen LogP contribution in [0.2, 0.25) is 5.02 Å². The molecule has 0 saturated carbocycles. The topological polar surface area (TPSA) is 67.8 Å². The number of anilines is 1. The van der Waals surface area contributed by atoms with E-state index >= 15 is 0 Å². The zero-order valence-corrected chi connectivity index (χ0v) is 9.88. The summed E-state index contributed by atoms with van der Waals surface area (Å²) in [5.74, 6) is 0.980. The first-order valence-electron chi connectivity index (χ1n) is 5.15. The highest BCUT2D eigenvalue weighted by Crippen LogP contribution is 2.32. The maximum Gasteiger partial charge on any atom is 0.169 e. The van der Waals surface area contributed by atoms with Crippen molar-refractivity contribution >= 4 is 28.3 Å². The van der Waals surface area contributed by atoms with Gasteiger partial charge >= 0.3 is 0 Å². The van der Waals surface area contributed by atoms with Gasteiger partial charge in [0, 0.05) is 23.2 Å². The summed E-state index contributed by atoms with van der Waals surface area (Å²) in [5, 5.41) is 5.39. The van der Waals surface area contributed by atoms with Crippen molar-refractivity contribution in [2.45, 2.75) is 6.92 Å². The number of nitrogens with two attached hydrogens (primary N) is 1. The third kappa shape index (κ3) is 1.57. The fraction of sp³-hybridized carbons (Fsp3) is 0.0833. The predicted molar refractivity (Wildman–Crippen MR) is 68.0 cm³/mol. The van der Waals surface area contributed by atoms with Crippen molar-refractivity contribution < 1.29 is 4.52 Å². The molecule has 1 aromatic carbocycles. The summed E-state index contributed by atoms with van der Waals surface area (Å²) in [6, 6.07) is 5.52. The Hall–Kier alpha value is -1.94. The van der Waals surface area contributed by atoms with Gasteiger partial charge in [-0.15, -0.1) is 0 Å². The van der Waals surface area contributed by atoms with Gasteiger partial charge in [0.05, 0.1) is 10.5 Å². The summed E-state index contributed by atoms with van der Waals surface area (Å²) >= 11 is 6.21. The van der Waals surface area contributed by atoms with E-state index in [-0.39, 0.29) is 0 Å². The van der Waals surface area contributed by atoms with Crippen molar-refractivity contribution in [1.82, 2.24) is 10.1 Å². The fourth-order valence-electron chi connectivity index (χ4n) is 1.89. The van der Waals surface area contributed by atoms with Gasteiger partial charge in [0.1, 0.15) is 0 Å². The van der Waals surface area contributed by atoms with E-state index in [9.17, 15) is 0 Å². The van der Waals surface area contributed by atoms with Crippen LogP contribution in [0.5, 0.6) is 0 Å². The molecule has 0 fully saturated rings. The number of hydrogen-bond acceptors (Lipinski definition) is 3. The highest BCUT2D eigenvalue weighted by Gasteiger charge is 2.10. The van der Waals surface area contributed by atoms with E-state index in [1.54, 1.807) is 6.07 Å². The summed E-state index contributed by atoms with van der Waals surface area (Å²) in [4.78, 5) is 3.14. The third-order valence-electron chi connectivity index (χ3n) is 2.76. The number of aromatic nitrogens is 2. The number of hydrogen-bond donors (Lipinski definition) is 2. The van der Waals surface area contributed by atoms with Crippen molar-refractivity contribution in [3.63, 3.8) is 0 Å². The minimum atomic E-state index is 0.363. The number of aryl methyl sites for hydroxylation is 1. The lowest BCUT2D eigenvalue weighted by Crippen LogP contribution is -1.80. The van der Waals surface area contributed by atoms with E-state index in [0.717, 1.165) is 22.0 Å². The first-order chi connectivity index (χ1) is 8.15. The Kier molecular flexibility index (Phi) is 2.12. The van der Waals surface area contributed by atoms with Gasteiger partial charge in [0.2, 0.25) is 0 Å². The van der Waals surface area contributed by atoms with Gasteiger partial charge in [-0.2, -0.15) is 0 Å². The average Bonchev–Trinajstić information content (AvgIpc) is 2.87. The molecule has 0 bridgehead atoms. The summed E-state index contributed by atoms with van der Waals surface area (Å²) < 4.78 is 5.13. The standard InChI is InChI=1S/C12H10ClN3O/c1-6-5-15-12-8(6)2-7(3-9(12)13)10-4-11(14)16-17-10/h2-5,15H,1H3,(H2,14,16). The first-order valence-corrected chi connectivity index (χ1v) is 5.53. The number of halogens is 1. The molecule has 0 aliphatic heterocycles. The number of rotatable bonds is 1. The molecule has 0 radical (unpaired) electrons. The van der Waals surface area contributed by atoms with E-state index in [1.165, 1.54) is 0 Å². The average molecular weight is 248 g/mol. The molecule has 0 amide bonds. The summed E-state index contributed by atoms with van der Waals surface area (Å²) in [7, 11) is 0. The second-order valence-corrected chi connectivity index (χ2v) is 4.38. The monoisotopic (exact) mass is 247 g/mol. The van der Waals surface area contributed by atoms with E-state index < -0.39 is 0 Å². The minimum absolute atomic E-state index is 0.363. The molecule has 5 heteroatoms. The third-order valence-corrected chi connectivity index (χ3v) is 3.06. The lowest BCUT2D eigenvalue weighted by atomic mass is 10.1. The molecule has 0 aliphatic carbocycles. The number of H-pyrrole nitrogens is 1. The molecule has 17 heavy (non-hydrogen) atoms. The van der Waals surface area contributed by atoms with Crippen LogP contribution in [0.4, 0.5) is 5.82 Å². The molecule has 2 heterocycles. The zero-order chi connectivity index (χ0) is 12.0. The maximum absolute atomic E-state index is 6.21. The first kappa shape index (κ1) is 10.2. The Morgan fingerprint density at radius 2 is 2.18 bits per heavy atom. The van der Waals surface area contributed by atoms with E-state index in [1.807, 2.05) is 25.3 Å². The molecule has 0 saturated heterocycles. The molecular formula is C12H10ClN3O. The zero-order valence-electron chi connectivity index (χ0n) is 9.12. The number of aromatic amines is 1. The Labute approximate surface area is 102 Å².